The summed E-state index contributed by atoms with van der Waals surface area (Å²) in [5.74, 6) is -0.970. The number of unbranched alkanes of at least 4 members (excludes halogenated alkanes) is 12. The fourth-order valence-corrected chi connectivity index (χ4v) is 7.51. The second-order valence-corrected chi connectivity index (χ2v) is 14.4. The number of Topliss-reactive ketones (excluding diaryl/α,β-unsaturated/α-hetero) is 2. The second-order valence-electron chi connectivity index (χ2n) is 14.4. The normalized spacial score (nSPS) is 12.8. The topological polar surface area (TPSA) is 91.5 Å². The van der Waals surface area contributed by atoms with Gasteiger partial charge in [-0.15, -0.1) is 0 Å². The number of hydrogen-bond donors (Lipinski definition) is 2. The van der Waals surface area contributed by atoms with E-state index in [1.807, 2.05) is 6.08 Å². The minimum atomic E-state index is -0.488. The Morgan fingerprint density at radius 3 is 1.26 bits per heavy atom. The Balaban J connectivity index is 1.81. The third-order valence-electron chi connectivity index (χ3n) is 10.5. The molecule has 5 rings (SSSR count). The van der Waals surface area contributed by atoms with Gasteiger partial charge in [0.1, 0.15) is 11.4 Å². The Morgan fingerprint density at radius 2 is 0.780 bits per heavy atom. The number of carbonyl (C=O) groups excluding carboxylic acids is 2. The number of fused-ring (bicyclic) bond motifs is 8. The fourth-order valence-electron chi connectivity index (χ4n) is 7.51. The van der Waals surface area contributed by atoms with Crippen molar-refractivity contribution in [3.05, 3.63) is 69.3 Å². The molecule has 50 heavy (non-hydrogen) atoms. The van der Waals surface area contributed by atoms with Gasteiger partial charge in [-0.25, -0.2) is 9.97 Å². The molecule has 0 saturated heterocycles. The zero-order valence-electron chi connectivity index (χ0n) is 31.3. The lowest BCUT2D eigenvalue weighted by molar-refractivity contribution is 0.0824. The van der Waals surface area contributed by atoms with E-state index < -0.39 is 11.6 Å². The molecule has 6 heteroatoms. The van der Waals surface area contributed by atoms with Crippen molar-refractivity contribution < 1.29 is 9.59 Å². The maximum atomic E-state index is 13.9. The Hall–Kier alpha value is -3.80. The van der Waals surface area contributed by atoms with Crippen molar-refractivity contribution in [2.75, 3.05) is 0 Å². The number of aromatic amines is 2. The zero-order valence-corrected chi connectivity index (χ0v) is 31.3. The third kappa shape index (κ3) is 9.10. The molecule has 0 unspecified atom stereocenters. The summed E-state index contributed by atoms with van der Waals surface area (Å²) in [5.41, 5.74) is 10.6. The van der Waals surface area contributed by atoms with Crippen LogP contribution in [0, 0.1) is 0 Å². The van der Waals surface area contributed by atoms with E-state index in [4.69, 9.17) is 9.97 Å². The first kappa shape index (κ1) is 37.5. The van der Waals surface area contributed by atoms with Gasteiger partial charge in [0.05, 0.1) is 11.4 Å². The van der Waals surface area contributed by atoms with Crippen LogP contribution in [-0.2, 0) is 25.7 Å². The summed E-state index contributed by atoms with van der Waals surface area (Å²) in [6.45, 7) is 8.91. The summed E-state index contributed by atoms with van der Waals surface area (Å²) in [5, 5.41) is 0. The van der Waals surface area contributed by atoms with Crippen LogP contribution in [0.1, 0.15) is 185 Å². The molecule has 2 N–H and O–H groups in total. The van der Waals surface area contributed by atoms with E-state index in [9.17, 15) is 9.59 Å². The molecule has 268 valence electrons. The fraction of sp³-hybridized carbons (Fsp3) is 0.545. The molecule has 3 aromatic rings. The van der Waals surface area contributed by atoms with E-state index in [2.05, 4.69) is 68.0 Å². The summed E-state index contributed by atoms with van der Waals surface area (Å²) in [7, 11) is 0. The monoisotopic (exact) mass is 676 g/mol. The van der Waals surface area contributed by atoms with Crippen LogP contribution in [0.4, 0.5) is 0 Å². The van der Waals surface area contributed by atoms with Gasteiger partial charge in [0, 0.05) is 38.8 Å². The number of rotatable bonds is 20. The lowest BCUT2D eigenvalue weighted by Gasteiger charge is -2.06. The molecule has 0 saturated carbocycles. The summed E-state index contributed by atoms with van der Waals surface area (Å²) >= 11 is 0. The van der Waals surface area contributed by atoms with E-state index in [-0.39, 0.29) is 0 Å². The molecule has 2 aliphatic heterocycles. The van der Waals surface area contributed by atoms with Crippen LogP contribution >= 0.6 is 0 Å². The molecule has 0 aromatic carbocycles. The standard InChI is InChI=1S/C44H60N4O2/c1-5-9-13-17-21-31-35-25-26-36(45-35)32(22-18-14-10-6-2)38-28-30-40(47-38)34(24-20-16-12-8-4)42-44(50)43(49)41(48-42)33(23-19-15-11-7-3)39-29-27-37(31)46-39/h25-30,45-46H,5-24H2,1-4H3. The minimum absolute atomic E-state index is 0.297. The Bertz CT molecular complexity index is 1810. The van der Waals surface area contributed by atoms with E-state index >= 15 is 0 Å². The minimum Gasteiger partial charge on any atom is -0.355 e. The van der Waals surface area contributed by atoms with Crippen molar-refractivity contribution in [1.82, 2.24) is 19.9 Å². The maximum Gasteiger partial charge on any atom is 0.253 e. The smallest absolute Gasteiger partial charge is 0.253 e. The molecule has 0 atom stereocenters. The van der Waals surface area contributed by atoms with E-state index in [1.54, 1.807) is 0 Å². The molecule has 8 bridgehead atoms. The van der Waals surface area contributed by atoms with Gasteiger partial charge in [-0.05, 0) is 93.3 Å². The van der Waals surface area contributed by atoms with Crippen molar-refractivity contribution in [2.24, 2.45) is 0 Å². The maximum absolute atomic E-state index is 13.9. The summed E-state index contributed by atoms with van der Waals surface area (Å²) in [6.07, 6.45) is 25.4. The van der Waals surface area contributed by atoms with Crippen molar-refractivity contribution in [1.29, 1.82) is 0 Å². The molecular weight excluding hydrogens is 617 g/mol. The van der Waals surface area contributed by atoms with E-state index in [0.717, 1.165) is 122 Å². The molecule has 0 fully saturated rings. The van der Waals surface area contributed by atoms with Crippen molar-refractivity contribution in [3.63, 3.8) is 0 Å². The van der Waals surface area contributed by atoms with E-state index in [1.165, 1.54) is 49.7 Å². The van der Waals surface area contributed by atoms with Crippen LogP contribution in [0.25, 0.3) is 34.2 Å². The Morgan fingerprint density at radius 1 is 0.420 bits per heavy atom. The van der Waals surface area contributed by atoms with Gasteiger partial charge in [-0.2, -0.15) is 0 Å². The molecular formula is C44H60N4O2. The molecule has 0 spiro atoms. The van der Waals surface area contributed by atoms with Gasteiger partial charge in [0.15, 0.2) is 0 Å². The van der Waals surface area contributed by atoms with Crippen LogP contribution < -0.4 is 0 Å². The third-order valence-corrected chi connectivity index (χ3v) is 10.5. The molecule has 5 heterocycles. The number of carbonyl (C=O) groups is 2. The predicted octanol–water partition coefficient (Wildman–Crippen LogP) is 12.0. The first-order valence-corrected chi connectivity index (χ1v) is 20.0. The first-order chi connectivity index (χ1) is 24.5. The number of hydrogen-bond acceptors (Lipinski definition) is 4. The van der Waals surface area contributed by atoms with Crippen LogP contribution in [0.2, 0.25) is 0 Å². The first-order valence-electron chi connectivity index (χ1n) is 20.0. The largest absolute Gasteiger partial charge is 0.355 e. The molecule has 0 aliphatic carbocycles. The van der Waals surface area contributed by atoms with Crippen LogP contribution in [0.5, 0.6) is 0 Å². The summed E-state index contributed by atoms with van der Waals surface area (Å²) in [6, 6.07) is 8.73. The highest BCUT2D eigenvalue weighted by Gasteiger charge is 2.33. The SMILES string of the molecule is CCCCCCc1c2nc(c(CCCCCC)c3ccc([nH]3)c(CCCCCC)c3ccc([nH]3)c(CCCCCC)c3nc1C(=O)C3=O)C=C2. The van der Waals surface area contributed by atoms with Gasteiger partial charge in [-0.1, -0.05) is 105 Å². The van der Waals surface area contributed by atoms with Gasteiger partial charge >= 0.3 is 0 Å². The highest BCUT2D eigenvalue weighted by atomic mass is 16.2. The number of nitrogens with zero attached hydrogens (tertiary/aromatic N) is 2. The number of aryl methyl sites for hydroxylation is 3. The highest BCUT2D eigenvalue weighted by molar-refractivity contribution is 6.51. The van der Waals surface area contributed by atoms with Crippen LogP contribution in [0.3, 0.4) is 0 Å². The number of ketones is 2. The molecule has 0 radical (unpaired) electrons. The Kier molecular flexibility index (Phi) is 14.2. The quantitative estimate of drug-likeness (QED) is 0.0720. The number of nitrogens with one attached hydrogen (secondary N) is 2. The number of aromatic nitrogens is 4. The highest BCUT2D eigenvalue weighted by Crippen LogP contribution is 2.30. The second kappa shape index (κ2) is 19.0. The predicted molar refractivity (Wildman–Crippen MR) is 210 cm³/mol. The van der Waals surface area contributed by atoms with Gasteiger partial charge in [0.2, 0.25) is 0 Å². The van der Waals surface area contributed by atoms with Crippen LogP contribution in [-0.4, -0.2) is 31.5 Å². The van der Waals surface area contributed by atoms with Crippen molar-refractivity contribution in [2.45, 2.75) is 156 Å². The Labute approximate surface area is 300 Å². The number of H-pyrrole nitrogens is 2. The molecule has 6 nitrogen and oxygen atoms in total. The van der Waals surface area contributed by atoms with E-state index in [0.29, 0.717) is 24.2 Å². The van der Waals surface area contributed by atoms with Crippen molar-refractivity contribution in [3.8, 4) is 0 Å². The summed E-state index contributed by atoms with van der Waals surface area (Å²) in [4.78, 5) is 45.6. The lowest BCUT2D eigenvalue weighted by Crippen LogP contribution is -2.11. The summed E-state index contributed by atoms with van der Waals surface area (Å²) < 4.78 is 0. The van der Waals surface area contributed by atoms with Crippen molar-refractivity contribution >= 4 is 45.8 Å². The lowest BCUT2D eigenvalue weighted by atomic mass is 9.99. The zero-order chi connectivity index (χ0) is 35.3. The average molecular weight is 677 g/mol. The molecule has 2 aliphatic rings. The van der Waals surface area contributed by atoms with Gasteiger partial charge in [-0.3, -0.25) is 9.59 Å². The van der Waals surface area contributed by atoms with Gasteiger partial charge < -0.3 is 9.97 Å². The average Bonchev–Trinajstić information content (AvgIpc) is 3.95. The van der Waals surface area contributed by atoms with Gasteiger partial charge in [0.25, 0.3) is 11.6 Å². The molecule has 3 aromatic heterocycles. The molecule has 0 amide bonds. The van der Waals surface area contributed by atoms with Crippen LogP contribution in [0.15, 0.2) is 24.3 Å².